The third-order valence-corrected chi connectivity index (χ3v) is 3.99. The van der Waals surface area contributed by atoms with Crippen molar-refractivity contribution in [3.8, 4) is 0 Å². The highest BCUT2D eigenvalue weighted by molar-refractivity contribution is 7.85. The molecule has 0 aromatic heterocycles. The maximum atomic E-state index is 11.3. The molecule has 0 atom stereocenters. The highest BCUT2D eigenvalue weighted by Crippen LogP contribution is 2.25. The van der Waals surface area contributed by atoms with Crippen LogP contribution >= 0.6 is 0 Å². The molecule has 0 spiro atoms. The first-order valence-electron chi connectivity index (χ1n) is 5.98. The molecule has 0 radical (unpaired) electrons. The molecule has 0 amide bonds. The number of aryl methyl sites for hydroxylation is 2. The second-order valence-corrected chi connectivity index (χ2v) is 5.74. The van der Waals surface area contributed by atoms with E-state index >= 15 is 0 Å². The van der Waals surface area contributed by atoms with Gasteiger partial charge < -0.3 is 0 Å². The van der Waals surface area contributed by atoms with Crippen molar-refractivity contribution in [1.29, 1.82) is 0 Å². The van der Waals surface area contributed by atoms with Crippen molar-refractivity contribution in [3.63, 3.8) is 0 Å². The van der Waals surface area contributed by atoms with E-state index in [9.17, 15) is 8.42 Å². The van der Waals surface area contributed by atoms with E-state index in [4.69, 9.17) is 4.55 Å². The molecule has 0 aliphatic heterocycles. The molecule has 2 rings (SSSR count). The van der Waals surface area contributed by atoms with Gasteiger partial charge in [-0.05, 0) is 46.9 Å². The first-order valence-corrected chi connectivity index (χ1v) is 7.42. The van der Waals surface area contributed by atoms with Gasteiger partial charge >= 0.3 is 0 Å². The van der Waals surface area contributed by atoms with Gasteiger partial charge in [-0.25, -0.2) is 0 Å². The smallest absolute Gasteiger partial charge is 0.282 e. The van der Waals surface area contributed by atoms with Crippen LogP contribution in [0.4, 0.5) is 0 Å². The van der Waals surface area contributed by atoms with E-state index in [0.29, 0.717) is 0 Å². The lowest BCUT2D eigenvalue weighted by molar-refractivity contribution is 0.483. The molecule has 0 fully saturated rings. The van der Waals surface area contributed by atoms with E-state index in [-0.39, 0.29) is 4.90 Å². The first-order chi connectivity index (χ1) is 8.45. The molecule has 0 aliphatic rings. The average Bonchev–Trinajstić information content (AvgIpc) is 2.35. The van der Waals surface area contributed by atoms with Crippen LogP contribution in [-0.4, -0.2) is 13.0 Å². The molecular weight excluding hydrogens is 248 g/mol. The molecule has 2 aromatic carbocycles. The molecular formula is C14H16O3S. The monoisotopic (exact) mass is 264 g/mol. The third kappa shape index (κ3) is 2.40. The van der Waals surface area contributed by atoms with E-state index in [1.54, 1.807) is 6.07 Å². The van der Waals surface area contributed by atoms with Crippen molar-refractivity contribution < 1.29 is 13.0 Å². The fourth-order valence-corrected chi connectivity index (χ4v) is 2.70. The van der Waals surface area contributed by atoms with Gasteiger partial charge in [0, 0.05) is 0 Å². The number of benzene rings is 2. The minimum Gasteiger partial charge on any atom is -0.282 e. The van der Waals surface area contributed by atoms with E-state index < -0.39 is 10.1 Å². The fourth-order valence-electron chi connectivity index (χ4n) is 2.13. The topological polar surface area (TPSA) is 54.4 Å². The van der Waals surface area contributed by atoms with Crippen molar-refractivity contribution in [1.82, 2.24) is 0 Å². The van der Waals surface area contributed by atoms with E-state index in [1.807, 2.05) is 19.1 Å². The summed E-state index contributed by atoms with van der Waals surface area (Å²) in [6.07, 6.45) is 1.62. The Labute approximate surface area is 107 Å². The Morgan fingerprint density at radius 2 is 1.78 bits per heavy atom. The molecule has 0 bridgehead atoms. The number of fused-ring (bicyclic) bond motifs is 1. The van der Waals surface area contributed by atoms with Crippen LogP contribution in [0.3, 0.4) is 0 Å². The van der Waals surface area contributed by atoms with Crippen LogP contribution in [-0.2, 0) is 23.0 Å². The lowest BCUT2D eigenvalue weighted by Gasteiger charge is -2.08. The Morgan fingerprint density at radius 1 is 1.06 bits per heavy atom. The summed E-state index contributed by atoms with van der Waals surface area (Å²) in [4.78, 5) is -0.0277. The number of rotatable bonds is 3. The minimum atomic E-state index is -4.15. The molecule has 0 unspecified atom stereocenters. The second-order valence-electron chi connectivity index (χ2n) is 4.32. The summed E-state index contributed by atoms with van der Waals surface area (Å²) in [5.74, 6) is 0. The van der Waals surface area contributed by atoms with Crippen LogP contribution in [0, 0.1) is 0 Å². The van der Waals surface area contributed by atoms with E-state index in [2.05, 4.69) is 13.0 Å². The second kappa shape index (κ2) is 4.71. The first kappa shape index (κ1) is 13.1. The highest BCUT2D eigenvalue weighted by atomic mass is 32.2. The molecule has 2 aromatic rings. The van der Waals surface area contributed by atoms with E-state index in [0.717, 1.165) is 34.7 Å². The molecule has 3 nitrogen and oxygen atoms in total. The fraction of sp³-hybridized carbons (Fsp3) is 0.286. The van der Waals surface area contributed by atoms with Crippen molar-refractivity contribution in [2.24, 2.45) is 0 Å². The quantitative estimate of drug-likeness (QED) is 0.866. The zero-order chi connectivity index (χ0) is 13.3. The van der Waals surface area contributed by atoms with Gasteiger partial charge in [-0.2, -0.15) is 8.42 Å². The summed E-state index contributed by atoms with van der Waals surface area (Å²) >= 11 is 0. The van der Waals surface area contributed by atoms with Crippen molar-refractivity contribution >= 4 is 20.9 Å². The van der Waals surface area contributed by atoms with Crippen LogP contribution in [0.15, 0.2) is 35.2 Å². The van der Waals surface area contributed by atoms with Crippen molar-refractivity contribution in [2.45, 2.75) is 31.6 Å². The summed E-state index contributed by atoms with van der Waals surface area (Å²) in [5, 5.41) is 1.91. The summed E-state index contributed by atoms with van der Waals surface area (Å²) in [7, 11) is -4.15. The van der Waals surface area contributed by atoms with Crippen LogP contribution in [0.25, 0.3) is 10.8 Å². The molecule has 0 aliphatic carbocycles. The maximum absolute atomic E-state index is 11.3. The molecule has 0 saturated carbocycles. The van der Waals surface area contributed by atoms with E-state index in [1.165, 1.54) is 6.07 Å². The van der Waals surface area contributed by atoms with Gasteiger partial charge in [-0.15, -0.1) is 0 Å². The Kier molecular flexibility index (Phi) is 3.41. The van der Waals surface area contributed by atoms with Crippen molar-refractivity contribution in [3.05, 3.63) is 41.5 Å². The zero-order valence-electron chi connectivity index (χ0n) is 10.5. The molecule has 96 valence electrons. The maximum Gasteiger partial charge on any atom is 0.294 e. The van der Waals surface area contributed by atoms with Crippen LogP contribution in [0.2, 0.25) is 0 Å². The van der Waals surface area contributed by atoms with Crippen LogP contribution in [0.5, 0.6) is 0 Å². The Hall–Kier alpha value is -1.39. The van der Waals surface area contributed by atoms with Crippen molar-refractivity contribution in [2.75, 3.05) is 0 Å². The van der Waals surface area contributed by atoms with Gasteiger partial charge in [-0.3, -0.25) is 4.55 Å². The number of hydrogen-bond acceptors (Lipinski definition) is 2. The molecule has 1 N–H and O–H groups in total. The Bertz CT molecular complexity index is 687. The largest absolute Gasteiger partial charge is 0.294 e. The normalized spacial score (nSPS) is 11.9. The minimum absolute atomic E-state index is 0.0277. The predicted octanol–water partition coefficient (Wildman–Crippen LogP) is 3.21. The average molecular weight is 264 g/mol. The zero-order valence-corrected chi connectivity index (χ0v) is 11.3. The Morgan fingerprint density at radius 3 is 2.33 bits per heavy atom. The van der Waals surface area contributed by atoms with Crippen LogP contribution in [0.1, 0.15) is 25.0 Å². The lowest BCUT2D eigenvalue weighted by atomic mass is 10.00. The molecule has 4 heteroatoms. The summed E-state index contributed by atoms with van der Waals surface area (Å²) in [6, 6.07) is 9.12. The van der Waals surface area contributed by atoms with Gasteiger partial charge in [0.1, 0.15) is 0 Å². The third-order valence-electron chi connectivity index (χ3n) is 3.16. The van der Waals surface area contributed by atoms with Gasteiger partial charge in [0.25, 0.3) is 10.1 Å². The molecule has 0 saturated heterocycles. The summed E-state index contributed by atoms with van der Waals surface area (Å²) < 4.78 is 31.7. The number of hydrogen-bond donors (Lipinski definition) is 1. The summed E-state index contributed by atoms with van der Waals surface area (Å²) in [5.41, 5.74) is 2.08. The standard InChI is InChI=1S/C14H16O3S/c1-3-10-5-6-14-11(4-2)8-13(18(15,16)17)9-12(14)7-10/h5-9H,3-4H2,1-2H3,(H,15,16,17). The van der Waals surface area contributed by atoms with Gasteiger partial charge in [-0.1, -0.05) is 32.0 Å². The summed E-state index contributed by atoms with van der Waals surface area (Å²) in [6.45, 7) is 4.02. The van der Waals surface area contributed by atoms with Gasteiger partial charge in [0.15, 0.2) is 0 Å². The molecule has 18 heavy (non-hydrogen) atoms. The lowest BCUT2D eigenvalue weighted by Crippen LogP contribution is -2.00. The predicted molar refractivity (Wildman–Crippen MR) is 72.5 cm³/mol. The molecule has 0 heterocycles. The Balaban J connectivity index is 2.80. The van der Waals surface area contributed by atoms with Crippen LogP contribution < -0.4 is 0 Å². The van der Waals surface area contributed by atoms with Gasteiger partial charge in [0.05, 0.1) is 4.90 Å². The van der Waals surface area contributed by atoms with Gasteiger partial charge in [0.2, 0.25) is 0 Å². The SMILES string of the molecule is CCc1ccc2c(CC)cc(S(=O)(=O)O)cc2c1. The highest BCUT2D eigenvalue weighted by Gasteiger charge is 2.12.